The SMILES string of the molecule is CS(=O)(=O)N1CCN(c2cc(Cl)cc3[nH]ncc23)CC1. The van der Waals surface area contributed by atoms with Gasteiger partial charge in [-0.05, 0) is 12.1 Å². The fraction of sp³-hybridized carbons (Fsp3) is 0.417. The Kier molecular flexibility index (Phi) is 3.35. The maximum absolute atomic E-state index is 11.5. The third-order valence-corrected chi connectivity index (χ3v) is 5.07. The van der Waals surface area contributed by atoms with E-state index in [2.05, 4.69) is 15.1 Å². The van der Waals surface area contributed by atoms with Crippen molar-refractivity contribution in [1.82, 2.24) is 14.5 Å². The van der Waals surface area contributed by atoms with Crippen molar-refractivity contribution >= 4 is 38.2 Å². The van der Waals surface area contributed by atoms with Crippen molar-refractivity contribution in [3.63, 3.8) is 0 Å². The van der Waals surface area contributed by atoms with Gasteiger partial charge in [0.15, 0.2) is 0 Å². The van der Waals surface area contributed by atoms with Gasteiger partial charge in [0.05, 0.1) is 18.0 Å². The lowest BCUT2D eigenvalue weighted by Crippen LogP contribution is -2.48. The van der Waals surface area contributed by atoms with E-state index < -0.39 is 10.0 Å². The van der Waals surface area contributed by atoms with E-state index in [4.69, 9.17) is 11.6 Å². The zero-order chi connectivity index (χ0) is 14.3. The smallest absolute Gasteiger partial charge is 0.211 e. The molecule has 6 nitrogen and oxygen atoms in total. The number of H-pyrrole nitrogens is 1. The number of sulfonamides is 1. The first-order valence-corrected chi connectivity index (χ1v) is 8.50. The highest BCUT2D eigenvalue weighted by Gasteiger charge is 2.24. The summed E-state index contributed by atoms with van der Waals surface area (Å²) in [4.78, 5) is 2.14. The number of nitrogens with zero attached hydrogens (tertiary/aromatic N) is 3. The van der Waals surface area contributed by atoms with Crippen molar-refractivity contribution in [1.29, 1.82) is 0 Å². The first-order valence-electron chi connectivity index (χ1n) is 6.28. The molecule has 1 saturated heterocycles. The Hall–Kier alpha value is -1.31. The minimum Gasteiger partial charge on any atom is -0.368 e. The molecular weight excluding hydrogens is 300 g/mol. The fourth-order valence-electron chi connectivity index (χ4n) is 2.52. The largest absolute Gasteiger partial charge is 0.368 e. The van der Waals surface area contributed by atoms with Crippen molar-refractivity contribution in [2.24, 2.45) is 0 Å². The van der Waals surface area contributed by atoms with Crippen LogP contribution in [0.3, 0.4) is 0 Å². The highest BCUT2D eigenvalue weighted by Crippen LogP contribution is 2.30. The summed E-state index contributed by atoms with van der Waals surface area (Å²) < 4.78 is 24.6. The molecule has 0 bridgehead atoms. The van der Waals surface area contributed by atoms with E-state index in [1.54, 1.807) is 6.20 Å². The molecule has 1 N–H and O–H groups in total. The summed E-state index contributed by atoms with van der Waals surface area (Å²) >= 11 is 6.12. The molecule has 0 spiro atoms. The van der Waals surface area contributed by atoms with E-state index in [0.29, 0.717) is 31.2 Å². The molecule has 1 aliphatic heterocycles. The summed E-state index contributed by atoms with van der Waals surface area (Å²) in [6, 6.07) is 3.73. The zero-order valence-electron chi connectivity index (χ0n) is 11.0. The highest BCUT2D eigenvalue weighted by atomic mass is 35.5. The summed E-state index contributed by atoms with van der Waals surface area (Å²) in [6.07, 6.45) is 3.01. The number of benzene rings is 1. The van der Waals surface area contributed by atoms with Crippen LogP contribution in [0.2, 0.25) is 5.02 Å². The second kappa shape index (κ2) is 4.91. The van der Waals surface area contributed by atoms with Gasteiger partial charge < -0.3 is 4.90 Å². The molecule has 0 amide bonds. The summed E-state index contributed by atoms with van der Waals surface area (Å²) in [6.45, 7) is 2.27. The van der Waals surface area contributed by atoms with Crippen LogP contribution >= 0.6 is 11.6 Å². The highest BCUT2D eigenvalue weighted by molar-refractivity contribution is 7.88. The summed E-state index contributed by atoms with van der Waals surface area (Å²) in [5, 5.41) is 8.58. The molecule has 1 aliphatic rings. The van der Waals surface area contributed by atoms with Crippen LogP contribution in [0, 0.1) is 0 Å². The van der Waals surface area contributed by atoms with Crippen molar-refractivity contribution in [3.05, 3.63) is 23.4 Å². The van der Waals surface area contributed by atoms with Crippen LogP contribution in [0.5, 0.6) is 0 Å². The molecule has 0 saturated carbocycles. The number of rotatable bonds is 2. The molecule has 8 heteroatoms. The number of piperazine rings is 1. The number of nitrogens with one attached hydrogen (secondary N) is 1. The zero-order valence-corrected chi connectivity index (χ0v) is 12.6. The fourth-order valence-corrected chi connectivity index (χ4v) is 3.56. The minimum absolute atomic E-state index is 0.491. The standard InChI is InChI=1S/C12H15ClN4O2S/c1-20(18,19)17-4-2-16(3-5-17)12-7-9(13)6-11-10(12)8-14-15-11/h6-8H,2-5H2,1H3,(H,14,15). The Bertz CT molecular complexity index is 735. The van der Waals surface area contributed by atoms with E-state index in [9.17, 15) is 8.42 Å². The quantitative estimate of drug-likeness (QED) is 0.907. The minimum atomic E-state index is -3.11. The Morgan fingerprint density at radius 3 is 2.60 bits per heavy atom. The van der Waals surface area contributed by atoms with Gasteiger partial charge in [-0.1, -0.05) is 11.6 Å². The number of aromatic amines is 1. The molecule has 108 valence electrons. The molecule has 2 aromatic rings. The summed E-state index contributed by atoms with van der Waals surface area (Å²) in [5.41, 5.74) is 1.88. The van der Waals surface area contributed by atoms with Crippen LogP contribution in [-0.2, 0) is 10.0 Å². The first-order chi connectivity index (χ1) is 9.45. The van der Waals surface area contributed by atoms with E-state index >= 15 is 0 Å². The second-order valence-electron chi connectivity index (χ2n) is 4.91. The van der Waals surface area contributed by atoms with Crippen molar-refractivity contribution in [2.75, 3.05) is 37.3 Å². The van der Waals surface area contributed by atoms with E-state index in [-0.39, 0.29) is 0 Å². The molecule has 0 atom stereocenters. The topological polar surface area (TPSA) is 69.3 Å². The third-order valence-electron chi connectivity index (χ3n) is 3.55. The van der Waals surface area contributed by atoms with Gasteiger partial charge in [-0.15, -0.1) is 0 Å². The second-order valence-corrected chi connectivity index (χ2v) is 7.32. The van der Waals surface area contributed by atoms with Crippen LogP contribution in [0.25, 0.3) is 10.9 Å². The first kappa shape index (κ1) is 13.7. The van der Waals surface area contributed by atoms with Crippen LogP contribution in [0.4, 0.5) is 5.69 Å². The number of hydrogen-bond donors (Lipinski definition) is 1. The van der Waals surface area contributed by atoms with Gasteiger partial charge in [0, 0.05) is 42.3 Å². The Morgan fingerprint density at radius 2 is 1.95 bits per heavy atom. The summed E-state index contributed by atoms with van der Waals surface area (Å²) in [5.74, 6) is 0. The van der Waals surface area contributed by atoms with Crippen molar-refractivity contribution in [2.45, 2.75) is 0 Å². The number of halogens is 1. The number of anilines is 1. The Morgan fingerprint density at radius 1 is 1.25 bits per heavy atom. The molecule has 1 fully saturated rings. The average Bonchev–Trinajstić information content (AvgIpc) is 2.85. The molecular formula is C12H15ClN4O2S. The predicted octanol–water partition coefficient (Wildman–Crippen LogP) is 1.30. The molecule has 2 heterocycles. The van der Waals surface area contributed by atoms with Gasteiger partial charge in [-0.2, -0.15) is 9.40 Å². The lowest BCUT2D eigenvalue weighted by molar-refractivity contribution is 0.388. The molecule has 20 heavy (non-hydrogen) atoms. The number of fused-ring (bicyclic) bond motifs is 1. The monoisotopic (exact) mass is 314 g/mol. The summed E-state index contributed by atoms with van der Waals surface area (Å²) in [7, 11) is -3.11. The third kappa shape index (κ3) is 2.48. The molecule has 1 aromatic heterocycles. The van der Waals surface area contributed by atoms with Gasteiger partial charge >= 0.3 is 0 Å². The van der Waals surface area contributed by atoms with Gasteiger partial charge in [-0.3, -0.25) is 5.10 Å². The van der Waals surface area contributed by atoms with E-state index in [0.717, 1.165) is 16.6 Å². The maximum atomic E-state index is 11.5. The lowest BCUT2D eigenvalue weighted by Gasteiger charge is -2.35. The van der Waals surface area contributed by atoms with Crippen LogP contribution in [-0.4, -0.2) is 55.4 Å². The van der Waals surface area contributed by atoms with Crippen molar-refractivity contribution in [3.8, 4) is 0 Å². The van der Waals surface area contributed by atoms with Gasteiger partial charge in [-0.25, -0.2) is 8.42 Å². The lowest BCUT2D eigenvalue weighted by atomic mass is 10.2. The molecule has 0 unspecified atom stereocenters. The van der Waals surface area contributed by atoms with E-state index in [1.165, 1.54) is 10.6 Å². The van der Waals surface area contributed by atoms with Crippen molar-refractivity contribution < 1.29 is 8.42 Å². The number of hydrogen-bond acceptors (Lipinski definition) is 4. The Balaban J connectivity index is 1.89. The van der Waals surface area contributed by atoms with Crippen LogP contribution in [0.15, 0.2) is 18.3 Å². The number of aromatic nitrogens is 2. The van der Waals surface area contributed by atoms with Gasteiger partial charge in [0.2, 0.25) is 10.0 Å². The van der Waals surface area contributed by atoms with E-state index in [1.807, 2.05) is 12.1 Å². The molecule has 1 aromatic carbocycles. The molecule has 0 radical (unpaired) electrons. The normalized spacial score (nSPS) is 17.8. The van der Waals surface area contributed by atoms with Gasteiger partial charge in [0.1, 0.15) is 0 Å². The molecule has 3 rings (SSSR count). The van der Waals surface area contributed by atoms with Crippen LogP contribution < -0.4 is 4.90 Å². The predicted molar refractivity (Wildman–Crippen MR) is 79.7 cm³/mol. The van der Waals surface area contributed by atoms with Crippen LogP contribution in [0.1, 0.15) is 0 Å². The maximum Gasteiger partial charge on any atom is 0.211 e. The van der Waals surface area contributed by atoms with Gasteiger partial charge in [0.25, 0.3) is 0 Å². The molecule has 0 aliphatic carbocycles. The average molecular weight is 315 g/mol. The Labute approximate surface area is 122 Å².